The number of aryl methyl sites for hydroxylation is 1. The predicted octanol–water partition coefficient (Wildman–Crippen LogP) is 4.46. The molecular formula is C32H40F2N6O2. The van der Waals surface area contributed by atoms with Crippen LogP contribution in [0.4, 0.5) is 14.6 Å². The van der Waals surface area contributed by atoms with E-state index in [0.29, 0.717) is 42.6 Å². The number of hydrogen-bond donors (Lipinski definition) is 2. The number of nitrogens with zero attached hydrogens (tertiary/aromatic N) is 4. The highest BCUT2D eigenvalue weighted by Crippen LogP contribution is 2.26. The lowest BCUT2D eigenvalue weighted by molar-refractivity contribution is -0.129. The molecule has 5 rings (SSSR count). The van der Waals surface area contributed by atoms with E-state index in [1.54, 1.807) is 13.3 Å². The van der Waals surface area contributed by atoms with E-state index >= 15 is 0 Å². The lowest BCUT2D eigenvalue weighted by atomic mass is 9.87. The van der Waals surface area contributed by atoms with E-state index in [4.69, 9.17) is 0 Å². The van der Waals surface area contributed by atoms with Crippen molar-refractivity contribution in [3.8, 4) is 5.69 Å². The van der Waals surface area contributed by atoms with Crippen LogP contribution in [0.15, 0.2) is 48.9 Å². The van der Waals surface area contributed by atoms with Gasteiger partial charge in [0.05, 0.1) is 17.9 Å². The quantitative estimate of drug-likeness (QED) is 0.371. The number of anilines is 1. The fraction of sp³-hybridized carbons (Fsp3) is 0.469. The molecule has 2 heterocycles. The van der Waals surface area contributed by atoms with Gasteiger partial charge in [0, 0.05) is 51.8 Å². The van der Waals surface area contributed by atoms with Crippen LogP contribution in [0, 0.1) is 11.6 Å². The largest absolute Gasteiger partial charge is 0.342 e. The van der Waals surface area contributed by atoms with Crippen LogP contribution in [-0.2, 0) is 29.0 Å². The smallest absolute Gasteiger partial charge is 0.242 e. The number of likely N-dealkylation sites (tertiary alicyclic amines) is 1. The number of amides is 2. The first kappa shape index (κ1) is 29.8. The van der Waals surface area contributed by atoms with Gasteiger partial charge in [-0.2, -0.15) is 0 Å². The van der Waals surface area contributed by atoms with E-state index in [1.807, 2.05) is 47.8 Å². The Kier molecular flexibility index (Phi) is 9.33. The van der Waals surface area contributed by atoms with Gasteiger partial charge in [-0.3, -0.25) is 14.5 Å². The Morgan fingerprint density at radius 3 is 2.79 bits per heavy atom. The van der Waals surface area contributed by atoms with Gasteiger partial charge in [0.25, 0.3) is 0 Å². The van der Waals surface area contributed by atoms with Crippen molar-refractivity contribution in [1.29, 1.82) is 0 Å². The molecule has 1 unspecified atom stereocenters. The Labute approximate surface area is 246 Å². The maximum Gasteiger partial charge on any atom is 0.242 e. The van der Waals surface area contributed by atoms with Crippen molar-refractivity contribution in [3.05, 3.63) is 77.2 Å². The van der Waals surface area contributed by atoms with Crippen LogP contribution < -0.4 is 10.6 Å². The SMILES string of the molecule is CCC[C@@H](N[C@H]1CCc2cc(F)cc(F)c2C1)C(=O)Nc1cn(-c2ccccc2CN2CCC(N(C)C(C)=O)C2)cn1. The van der Waals surface area contributed by atoms with Crippen LogP contribution >= 0.6 is 0 Å². The van der Waals surface area contributed by atoms with E-state index < -0.39 is 17.7 Å². The van der Waals surface area contributed by atoms with Gasteiger partial charge in [-0.1, -0.05) is 31.5 Å². The first-order valence-corrected chi connectivity index (χ1v) is 14.8. The average molecular weight is 579 g/mol. The number of imidazole rings is 1. The molecule has 2 aromatic carbocycles. The third kappa shape index (κ3) is 6.87. The van der Waals surface area contributed by atoms with E-state index in [1.165, 1.54) is 6.07 Å². The third-order valence-corrected chi connectivity index (χ3v) is 8.59. The van der Waals surface area contributed by atoms with Crippen LogP contribution in [0.5, 0.6) is 0 Å². The Bertz CT molecular complexity index is 1430. The highest BCUT2D eigenvalue weighted by molar-refractivity contribution is 5.94. The predicted molar refractivity (Wildman–Crippen MR) is 158 cm³/mol. The minimum Gasteiger partial charge on any atom is -0.342 e. The van der Waals surface area contributed by atoms with Gasteiger partial charge in [-0.25, -0.2) is 13.8 Å². The van der Waals surface area contributed by atoms with E-state index in [0.717, 1.165) is 49.8 Å². The molecule has 3 aromatic rings. The van der Waals surface area contributed by atoms with Crippen molar-refractivity contribution in [2.24, 2.45) is 0 Å². The average Bonchev–Trinajstić information content (AvgIpc) is 3.63. The van der Waals surface area contributed by atoms with Gasteiger partial charge < -0.3 is 20.1 Å². The monoisotopic (exact) mass is 578 g/mol. The first-order valence-electron chi connectivity index (χ1n) is 14.8. The van der Waals surface area contributed by atoms with E-state index in [2.05, 4.69) is 26.6 Å². The molecule has 1 aliphatic carbocycles. The molecule has 1 fully saturated rings. The van der Waals surface area contributed by atoms with E-state index in [9.17, 15) is 18.4 Å². The molecule has 224 valence electrons. The lowest BCUT2D eigenvalue weighted by Gasteiger charge is -2.29. The first-order chi connectivity index (χ1) is 20.2. The van der Waals surface area contributed by atoms with E-state index in [-0.39, 0.29) is 23.9 Å². The number of carbonyl (C=O) groups is 2. The maximum atomic E-state index is 14.4. The fourth-order valence-corrected chi connectivity index (χ4v) is 6.19. The summed E-state index contributed by atoms with van der Waals surface area (Å²) >= 11 is 0. The Hall–Kier alpha value is -3.63. The number of halogens is 2. The van der Waals surface area contributed by atoms with Crippen molar-refractivity contribution >= 4 is 17.6 Å². The van der Waals surface area contributed by atoms with Crippen molar-refractivity contribution in [2.75, 3.05) is 25.5 Å². The summed E-state index contributed by atoms with van der Waals surface area (Å²) in [5, 5.41) is 6.39. The molecule has 0 bridgehead atoms. The normalized spacial score (nSPS) is 19.4. The summed E-state index contributed by atoms with van der Waals surface area (Å²) in [6.45, 7) is 6.13. The molecule has 2 aliphatic rings. The minimum absolute atomic E-state index is 0.0791. The highest BCUT2D eigenvalue weighted by Gasteiger charge is 2.29. The molecule has 1 aromatic heterocycles. The summed E-state index contributed by atoms with van der Waals surface area (Å²) in [7, 11) is 1.86. The second-order valence-electron chi connectivity index (χ2n) is 11.6. The summed E-state index contributed by atoms with van der Waals surface area (Å²) < 4.78 is 30.0. The van der Waals surface area contributed by atoms with Crippen LogP contribution in [-0.4, -0.2) is 69.4 Å². The summed E-state index contributed by atoms with van der Waals surface area (Å²) in [6.07, 6.45) is 7.59. The molecule has 2 amide bonds. The minimum atomic E-state index is -0.551. The molecular weight excluding hydrogens is 538 g/mol. The molecule has 2 N–H and O–H groups in total. The number of fused-ring (bicyclic) bond motifs is 1. The molecule has 42 heavy (non-hydrogen) atoms. The zero-order valence-electron chi connectivity index (χ0n) is 24.6. The van der Waals surface area contributed by atoms with Crippen molar-refractivity contribution in [3.63, 3.8) is 0 Å². The highest BCUT2D eigenvalue weighted by atomic mass is 19.1. The van der Waals surface area contributed by atoms with Crippen LogP contribution in [0.25, 0.3) is 5.69 Å². The molecule has 0 saturated carbocycles. The second kappa shape index (κ2) is 13.1. The number of likely N-dealkylation sites (N-methyl/N-ethyl adjacent to an activating group) is 1. The van der Waals surface area contributed by atoms with Gasteiger partial charge in [-0.05, 0) is 60.9 Å². The van der Waals surface area contributed by atoms with Gasteiger partial charge in [0.1, 0.15) is 18.0 Å². The number of nitrogens with one attached hydrogen (secondary N) is 2. The summed E-state index contributed by atoms with van der Waals surface area (Å²) in [6, 6.07) is 10.1. The number of benzene rings is 2. The number of para-hydroxylation sites is 1. The summed E-state index contributed by atoms with van der Waals surface area (Å²) in [4.78, 5) is 33.8. The fourth-order valence-electron chi connectivity index (χ4n) is 6.19. The number of rotatable bonds is 10. The molecule has 0 radical (unpaired) electrons. The van der Waals surface area contributed by atoms with Crippen LogP contribution in [0.2, 0.25) is 0 Å². The van der Waals surface area contributed by atoms with Gasteiger partial charge in [0.15, 0.2) is 5.82 Å². The van der Waals surface area contributed by atoms with Crippen molar-refractivity contribution < 1.29 is 18.4 Å². The Morgan fingerprint density at radius 2 is 2.00 bits per heavy atom. The number of aromatic nitrogens is 2. The van der Waals surface area contributed by atoms with Crippen molar-refractivity contribution in [1.82, 2.24) is 24.7 Å². The van der Waals surface area contributed by atoms with Crippen LogP contribution in [0.3, 0.4) is 0 Å². The van der Waals surface area contributed by atoms with Crippen LogP contribution in [0.1, 0.15) is 56.2 Å². The zero-order chi connectivity index (χ0) is 29.8. The topological polar surface area (TPSA) is 82.5 Å². The second-order valence-corrected chi connectivity index (χ2v) is 11.6. The lowest BCUT2D eigenvalue weighted by Crippen LogP contribution is -2.48. The van der Waals surface area contributed by atoms with Gasteiger partial charge in [-0.15, -0.1) is 0 Å². The molecule has 1 saturated heterocycles. The summed E-state index contributed by atoms with van der Waals surface area (Å²) in [5.41, 5.74) is 3.36. The number of carbonyl (C=O) groups excluding carboxylic acids is 2. The molecule has 8 nitrogen and oxygen atoms in total. The Morgan fingerprint density at radius 1 is 1.19 bits per heavy atom. The van der Waals surface area contributed by atoms with Gasteiger partial charge >= 0.3 is 0 Å². The van der Waals surface area contributed by atoms with Crippen molar-refractivity contribution in [2.45, 2.75) is 77.0 Å². The zero-order valence-corrected chi connectivity index (χ0v) is 24.6. The maximum absolute atomic E-state index is 14.4. The standard InChI is InChI=1S/C32H40F2N6O2/c1-4-7-29(36-25-11-10-22-14-24(33)15-28(34)27(22)16-25)32(42)37-31-19-40(20-35-31)30-9-6-5-8-23(30)17-39-13-12-26(18-39)38(3)21(2)41/h5-6,8-9,14-15,19-20,25-26,29,36H,4,7,10-13,16-18H2,1-3H3,(H,37,42)/t25-,26?,29+/m0/s1. The molecule has 1 aliphatic heterocycles. The van der Waals surface area contributed by atoms with Gasteiger partial charge in [0.2, 0.25) is 11.8 Å². The third-order valence-electron chi connectivity index (χ3n) is 8.59. The molecule has 0 spiro atoms. The molecule has 10 heteroatoms. The summed E-state index contributed by atoms with van der Waals surface area (Å²) in [5.74, 6) is -0.714. The Balaban J connectivity index is 1.22. The number of hydrogen-bond acceptors (Lipinski definition) is 5. The molecule has 3 atom stereocenters.